The summed E-state index contributed by atoms with van der Waals surface area (Å²) >= 11 is 0. The summed E-state index contributed by atoms with van der Waals surface area (Å²) in [5.41, 5.74) is 19.7. The zero-order chi connectivity index (χ0) is 56.1. The lowest BCUT2D eigenvalue weighted by atomic mass is 9.93. The summed E-state index contributed by atoms with van der Waals surface area (Å²) in [5, 5.41) is 26.2. The average Bonchev–Trinajstić information content (AvgIpc) is 4.09. The van der Waals surface area contributed by atoms with Crippen LogP contribution in [0.25, 0.3) is 10.8 Å². The molecule has 3 aliphatic rings. The molecule has 0 radical (unpaired) electrons. The lowest BCUT2D eigenvalue weighted by Crippen LogP contribution is -2.58. The Kier molecular flexibility index (Phi) is 21.9. The molecule has 0 fully saturated rings. The van der Waals surface area contributed by atoms with Gasteiger partial charge in [-0.15, -0.1) is 0 Å². The lowest BCUT2D eigenvalue weighted by Gasteiger charge is -2.26. The molecular weight excluding hydrogens is 1000 g/mol. The Bertz CT molecular complexity index is 2800. The van der Waals surface area contributed by atoms with Gasteiger partial charge in [-0.2, -0.15) is 0 Å². The second kappa shape index (κ2) is 29.1. The maximum absolute atomic E-state index is 14.7. The van der Waals surface area contributed by atoms with Crippen LogP contribution >= 0.6 is 0 Å². The quantitative estimate of drug-likeness (QED) is 0.0269. The zero-order valence-corrected chi connectivity index (χ0v) is 43.8. The van der Waals surface area contributed by atoms with Crippen molar-refractivity contribution >= 4 is 88.1 Å². The molecule has 78 heavy (non-hydrogen) atoms. The number of nitrogens with zero attached hydrogens (tertiary/aromatic N) is 3. The highest BCUT2D eigenvalue weighted by Crippen LogP contribution is 2.34. The van der Waals surface area contributed by atoms with Gasteiger partial charge in [0, 0.05) is 50.8 Å². The van der Waals surface area contributed by atoms with Crippen molar-refractivity contribution in [3.05, 3.63) is 89.6 Å². The molecule has 15 N–H and O–H groups in total. The number of amides is 9. The summed E-state index contributed by atoms with van der Waals surface area (Å²) in [7, 11) is 0. The third-order valence-electron chi connectivity index (χ3n) is 13.3. The van der Waals surface area contributed by atoms with E-state index in [0.717, 1.165) is 27.6 Å². The lowest BCUT2D eigenvalue weighted by molar-refractivity contribution is -0.136. The molecule has 8 atom stereocenters. The monoisotopic (exact) mass is 1070 g/mol. The molecule has 0 aromatic heterocycles. The first-order valence-electron chi connectivity index (χ1n) is 26.3. The molecule has 6 rings (SSSR count). The average molecular weight is 1070 g/mol. The minimum atomic E-state index is -1.52. The van der Waals surface area contributed by atoms with Gasteiger partial charge >= 0.3 is 0 Å². The molecule has 9 amide bonds. The third kappa shape index (κ3) is 17.8. The number of benzene rings is 3. The molecule has 8 unspecified atom stereocenters. The molecule has 0 aliphatic carbocycles. The first-order chi connectivity index (χ1) is 37.5. The van der Waals surface area contributed by atoms with Crippen LogP contribution in [0.3, 0.4) is 0 Å². The van der Waals surface area contributed by atoms with Gasteiger partial charge in [-0.25, -0.2) is 4.99 Å². The van der Waals surface area contributed by atoms with E-state index >= 15 is 0 Å². The number of para-hydroxylation sites is 1. The summed E-state index contributed by atoms with van der Waals surface area (Å²) in [6.07, 6.45) is 5.53. The molecule has 24 heteroatoms. The van der Waals surface area contributed by atoms with E-state index in [1.165, 1.54) is 25.6 Å². The van der Waals surface area contributed by atoms with Gasteiger partial charge in [0.2, 0.25) is 47.3 Å². The summed E-state index contributed by atoms with van der Waals surface area (Å²) in [6.45, 7) is 3.70. The van der Waals surface area contributed by atoms with Crippen molar-refractivity contribution in [3.63, 3.8) is 0 Å². The number of anilines is 1. The number of carbonyl (C=O) groups excluding carboxylic acids is 9. The van der Waals surface area contributed by atoms with Crippen LogP contribution in [-0.2, 0) is 49.6 Å². The van der Waals surface area contributed by atoms with Crippen molar-refractivity contribution in [2.45, 2.75) is 133 Å². The molecule has 3 aliphatic heterocycles. The molecule has 0 bridgehead atoms. The predicted octanol–water partition coefficient (Wildman–Crippen LogP) is -0.189. The fourth-order valence-corrected chi connectivity index (χ4v) is 9.21. The molecule has 0 spiro atoms. The fraction of sp³-hybridized carbons (Fsp3) is 0.444. The summed E-state index contributed by atoms with van der Waals surface area (Å²) in [5.74, 6) is -7.57. The Morgan fingerprint density at radius 1 is 0.821 bits per heavy atom. The highest BCUT2D eigenvalue weighted by molar-refractivity contribution is 6.09. The summed E-state index contributed by atoms with van der Waals surface area (Å²) < 4.78 is 0. The molecule has 3 aromatic carbocycles. The van der Waals surface area contributed by atoms with Crippen LogP contribution in [0.2, 0.25) is 0 Å². The molecule has 3 aromatic rings. The van der Waals surface area contributed by atoms with Gasteiger partial charge in [0.1, 0.15) is 42.2 Å². The van der Waals surface area contributed by atoms with Crippen LogP contribution in [0.5, 0.6) is 0 Å². The maximum Gasteiger partial charge on any atom is 0.274 e. The van der Waals surface area contributed by atoms with E-state index in [4.69, 9.17) is 17.2 Å². The van der Waals surface area contributed by atoms with E-state index in [0.29, 0.717) is 19.4 Å². The number of imide groups is 1. The van der Waals surface area contributed by atoms with E-state index in [-0.39, 0.29) is 82.0 Å². The summed E-state index contributed by atoms with van der Waals surface area (Å²) in [6, 6.07) is 12.5. The number of nitrogens with one attached hydrogen (secondary N) is 9. The fourth-order valence-electron chi connectivity index (χ4n) is 9.21. The largest absolute Gasteiger partial charge is 0.384 e. The number of fused-ring (bicyclic) bond motifs is 2. The molecule has 3 heterocycles. The Morgan fingerprint density at radius 2 is 1.55 bits per heavy atom. The predicted molar refractivity (Wildman–Crippen MR) is 294 cm³/mol. The first-order valence-corrected chi connectivity index (χ1v) is 26.3. The molecule has 0 saturated heterocycles. The van der Waals surface area contributed by atoms with Crippen LogP contribution < -0.4 is 65.1 Å². The Labute approximate surface area is 451 Å². The van der Waals surface area contributed by atoms with Gasteiger partial charge in [-0.1, -0.05) is 86.5 Å². The second-order valence-electron chi connectivity index (χ2n) is 19.5. The van der Waals surface area contributed by atoms with Gasteiger partial charge in [0.25, 0.3) is 5.91 Å². The number of aliphatic imine (C=N–C) groups is 3. The van der Waals surface area contributed by atoms with Crippen molar-refractivity contribution in [1.29, 1.82) is 0 Å². The molecule has 416 valence electrons. The number of rotatable bonds is 22. The number of unbranched alkanes of at least 4 members (excludes halogenated alkanes) is 1. The minimum Gasteiger partial charge on any atom is -0.384 e. The van der Waals surface area contributed by atoms with E-state index in [1.807, 2.05) is 73.7 Å². The van der Waals surface area contributed by atoms with Gasteiger partial charge in [0.05, 0.1) is 18.5 Å². The molecule has 0 saturated carbocycles. The van der Waals surface area contributed by atoms with Crippen molar-refractivity contribution in [1.82, 2.24) is 42.5 Å². The Morgan fingerprint density at radius 3 is 2.29 bits per heavy atom. The van der Waals surface area contributed by atoms with Crippen molar-refractivity contribution in [2.24, 2.45) is 32.2 Å². The van der Waals surface area contributed by atoms with Crippen molar-refractivity contribution in [3.8, 4) is 0 Å². The normalized spacial score (nSPS) is 20.7. The van der Waals surface area contributed by atoms with E-state index in [2.05, 4.69) is 62.8 Å². The summed E-state index contributed by atoms with van der Waals surface area (Å²) in [4.78, 5) is 137. The first kappa shape index (κ1) is 58.7. The third-order valence-corrected chi connectivity index (χ3v) is 13.3. The Hall–Kier alpha value is -8.54. The number of guanidine groups is 1. The number of hydrogen-bond acceptors (Lipinski definition) is 14. The van der Waals surface area contributed by atoms with Crippen molar-refractivity contribution < 1.29 is 43.2 Å². The van der Waals surface area contributed by atoms with E-state index in [9.17, 15) is 43.2 Å². The van der Waals surface area contributed by atoms with E-state index in [1.54, 1.807) is 0 Å². The minimum absolute atomic E-state index is 0.0109. The van der Waals surface area contributed by atoms with E-state index < -0.39 is 102 Å². The highest BCUT2D eigenvalue weighted by Gasteiger charge is 2.36. The van der Waals surface area contributed by atoms with Gasteiger partial charge in [-0.3, -0.25) is 58.5 Å². The second-order valence-corrected chi connectivity index (χ2v) is 19.5. The van der Waals surface area contributed by atoms with Gasteiger partial charge in [0.15, 0.2) is 5.96 Å². The highest BCUT2D eigenvalue weighted by atomic mass is 16.2. The number of allylic oxidation sites excluding steroid dienone is 1. The van der Waals surface area contributed by atoms with Gasteiger partial charge < -0.3 is 59.7 Å². The smallest absolute Gasteiger partial charge is 0.274 e. The maximum atomic E-state index is 14.7. The van der Waals surface area contributed by atoms with Crippen LogP contribution in [0.15, 0.2) is 93.5 Å². The SMILES string of the molecule is CCCCC(NC(C)=O)C(=O)NC1CC(=O)NCCC/C=C(/NC(=O)C(CC2CNc3ccccc32)NC(=O)C(CCCN=C(N)N)NC(=O)C(N)Cc2ccc3ccccc3c2)C(=O)NC(=O)C(CC2C=NC=N2)NC1=O. The Balaban J connectivity index is 1.24. The van der Waals surface area contributed by atoms with Crippen LogP contribution in [0.1, 0.15) is 95.1 Å². The van der Waals surface area contributed by atoms with Crippen LogP contribution in [-0.4, -0.2) is 134 Å². The number of carbonyl (C=O) groups is 9. The number of nitrogens with two attached hydrogens (primary N) is 3. The number of hydrogen-bond donors (Lipinski definition) is 12. The van der Waals surface area contributed by atoms with Crippen molar-refractivity contribution in [2.75, 3.05) is 25.0 Å². The van der Waals surface area contributed by atoms with Crippen LogP contribution in [0.4, 0.5) is 5.69 Å². The van der Waals surface area contributed by atoms with Gasteiger partial charge in [-0.05, 0) is 72.9 Å². The van der Waals surface area contributed by atoms with Crippen LogP contribution in [0, 0.1) is 0 Å². The molecule has 24 nitrogen and oxygen atoms in total. The zero-order valence-electron chi connectivity index (χ0n) is 43.8. The standard InChI is InChI=1S/C54H71N15O9/c1-3-4-15-40(63-31(2)70)48(73)68-45-27-46(71)59-21-10-9-17-41(50(75)69-53(78)44(67-52(45)77)26-36-29-58-30-62-36)65-51(76)43(25-35-28-61-39-16-8-7-14-37(35)39)66-49(74)42(18-11-22-60-54(56)57)64-47(72)38(55)24-32-19-20-33-12-5-6-13-34(33)23-32/h5-8,12-14,16-17,19-20,23,29-30,35-36,38,40,42-45,61H,3-4,9-11,15,18,21-22,24-28,55H2,1-2H3,(H,59,71)(H,63,70)(H,64,72)(H,65,76)(H,66,74)(H,67,77)(H,68,73)(H4,56,57,60)(H,69,75,78)/b41-17+. The topological polar surface area (TPSA) is 377 Å². The molecular formula is C54H71N15O9.